The van der Waals surface area contributed by atoms with Crippen LogP contribution in [0.5, 0.6) is 0 Å². The number of hydrogen-bond donors (Lipinski definition) is 1. The molecule has 5 heteroatoms. The molecule has 2 amide bonds. The van der Waals surface area contributed by atoms with Crippen molar-refractivity contribution < 1.29 is 9.59 Å². The molecule has 0 aliphatic rings. The molecule has 0 spiro atoms. The number of amides is 2. The fraction of sp³-hybridized carbons (Fsp3) is 0.300. The Bertz CT molecular complexity index is 716. The Morgan fingerprint density at radius 3 is 2.16 bits per heavy atom. The van der Waals surface area contributed by atoms with Gasteiger partial charge in [0, 0.05) is 24.6 Å². The van der Waals surface area contributed by atoms with Gasteiger partial charge in [0.1, 0.15) is 0 Å². The molecule has 2 aromatic rings. The number of benzene rings is 2. The van der Waals surface area contributed by atoms with Gasteiger partial charge in [-0.2, -0.15) is 0 Å². The monoisotopic (exact) mass is 356 g/mol. The molecule has 0 aromatic heterocycles. The van der Waals surface area contributed by atoms with Crippen LogP contribution in [0, 0.1) is 0 Å². The summed E-state index contributed by atoms with van der Waals surface area (Å²) in [5.74, 6) is -0.00670. The highest BCUT2D eigenvalue weighted by atomic mass is 32.2. The summed E-state index contributed by atoms with van der Waals surface area (Å²) in [6.45, 7) is 5.43. The van der Waals surface area contributed by atoms with E-state index in [1.165, 1.54) is 18.7 Å². The molecule has 0 aliphatic carbocycles. The van der Waals surface area contributed by atoms with Crippen molar-refractivity contribution in [2.75, 3.05) is 12.4 Å². The lowest BCUT2D eigenvalue weighted by Crippen LogP contribution is -2.35. The zero-order valence-corrected chi connectivity index (χ0v) is 15.8. The number of nitrogens with one attached hydrogen (secondary N) is 1. The minimum atomic E-state index is -0.192. The van der Waals surface area contributed by atoms with Gasteiger partial charge < -0.3 is 10.2 Å². The highest BCUT2D eigenvalue weighted by Crippen LogP contribution is 2.28. The molecular formula is C20H24N2O2S. The summed E-state index contributed by atoms with van der Waals surface area (Å²) in [5, 5.41) is 2.54. The van der Waals surface area contributed by atoms with Crippen molar-refractivity contribution in [2.24, 2.45) is 0 Å². The van der Waals surface area contributed by atoms with E-state index in [4.69, 9.17) is 0 Å². The van der Waals surface area contributed by atoms with Gasteiger partial charge in [-0.05, 0) is 43.7 Å². The normalized spacial score (nSPS) is 13.0. The van der Waals surface area contributed by atoms with E-state index in [1.54, 1.807) is 4.90 Å². The van der Waals surface area contributed by atoms with E-state index in [0.717, 1.165) is 16.1 Å². The summed E-state index contributed by atoms with van der Waals surface area (Å²) in [6, 6.07) is 17.6. The summed E-state index contributed by atoms with van der Waals surface area (Å²) in [6.07, 6.45) is 0. The molecule has 0 aliphatic heterocycles. The Balaban J connectivity index is 1.98. The lowest BCUT2D eigenvalue weighted by Gasteiger charge is -2.28. The molecule has 2 rings (SSSR count). The van der Waals surface area contributed by atoms with Crippen LogP contribution in [-0.4, -0.2) is 29.0 Å². The smallest absolute Gasteiger partial charge is 0.236 e. The van der Waals surface area contributed by atoms with E-state index >= 15 is 0 Å². The third-order valence-corrected chi connectivity index (χ3v) is 5.15. The number of thioether (sulfide) groups is 1. The maximum absolute atomic E-state index is 12.7. The molecule has 2 atom stereocenters. The molecule has 0 saturated heterocycles. The van der Waals surface area contributed by atoms with E-state index in [1.807, 2.05) is 75.5 Å². The van der Waals surface area contributed by atoms with E-state index in [9.17, 15) is 9.59 Å². The van der Waals surface area contributed by atoms with Crippen molar-refractivity contribution in [3.8, 4) is 0 Å². The van der Waals surface area contributed by atoms with Crippen LogP contribution in [0.25, 0.3) is 0 Å². The lowest BCUT2D eigenvalue weighted by atomic mass is 10.1. The van der Waals surface area contributed by atoms with Gasteiger partial charge >= 0.3 is 0 Å². The number of carbonyl (C=O) groups excluding carboxylic acids is 2. The van der Waals surface area contributed by atoms with Gasteiger partial charge in [-0.25, -0.2) is 0 Å². The Morgan fingerprint density at radius 1 is 1.00 bits per heavy atom. The first-order chi connectivity index (χ1) is 11.9. The second-order valence-corrected chi connectivity index (χ2v) is 7.42. The van der Waals surface area contributed by atoms with Gasteiger partial charge in [0.25, 0.3) is 0 Å². The second kappa shape index (κ2) is 8.72. The number of rotatable bonds is 6. The van der Waals surface area contributed by atoms with Crippen molar-refractivity contribution in [3.63, 3.8) is 0 Å². The third kappa shape index (κ3) is 5.36. The van der Waals surface area contributed by atoms with E-state index in [2.05, 4.69) is 5.32 Å². The topological polar surface area (TPSA) is 49.4 Å². The minimum Gasteiger partial charge on any atom is -0.338 e. The van der Waals surface area contributed by atoms with Crippen LogP contribution in [0.4, 0.5) is 5.69 Å². The van der Waals surface area contributed by atoms with E-state index in [0.29, 0.717) is 0 Å². The van der Waals surface area contributed by atoms with Crippen LogP contribution < -0.4 is 5.32 Å². The molecule has 2 unspecified atom stereocenters. The molecule has 0 radical (unpaired) electrons. The fourth-order valence-corrected chi connectivity index (χ4v) is 3.48. The van der Waals surface area contributed by atoms with Gasteiger partial charge in [-0.15, -0.1) is 11.8 Å². The zero-order chi connectivity index (χ0) is 18.4. The van der Waals surface area contributed by atoms with E-state index in [-0.39, 0.29) is 23.1 Å². The van der Waals surface area contributed by atoms with Crippen LogP contribution in [0.15, 0.2) is 59.5 Å². The standard InChI is InChI=1S/C20H24N2O2S/c1-14(17-8-6-5-7-9-17)22(4)20(24)15(2)25-19-12-10-18(11-13-19)21-16(3)23/h5-15H,1-4H3,(H,21,23). The van der Waals surface area contributed by atoms with Gasteiger partial charge in [0.15, 0.2) is 0 Å². The molecule has 0 fully saturated rings. The number of anilines is 1. The Kier molecular flexibility index (Phi) is 6.65. The summed E-state index contributed by atoms with van der Waals surface area (Å²) >= 11 is 1.52. The third-order valence-electron chi connectivity index (χ3n) is 4.05. The van der Waals surface area contributed by atoms with Crippen LogP contribution >= 0.6 is 11.8 Å². The molecule has 2 aromatic carbocycles. The molecular weight excluding hydrogens is 332 g/mol. The second-order valence-electron chi connectivity index (χ2n) is 6.00. The first kappa shape index (κ1) is 19.1. The predicted octanol–water partition coefficient (Wildman–Crippen LogP) is 4.35. The summed E-state index contributed by atoms with van der Waals surface area (Å²) < 4.78 is 0. The zero-order valence-electron chi connectivity index (χ0n) is 15.0. The first-order valence-electron chi connectivity index (χ1n) is 8.24. The predicted molar refractivity (Wildman–Crippen MR) is 104 cm³/mol. The quantitative estimate of drug-likeness (QED) is 0.783. The van der Waals surface area contributed by atoms with Crippen molar-refractivity contribution in [1.29, 1.82) is 0 Å². The number of carbonyl (C=O) groups is 2. The van der Waals surface area contributed by atoms with Gasteiger partial charge in [0.05, 0.1) is 11.3 Å². The number of hydrogen-bond acceptors (Lipinski definition) is 3. The average Bonchev–Trinajstić information content (AvgIpc) is 2.61. The molecule has 4 nitrogen and oxygen atoms in total. The number of nitrogens with zero attached hydrogens (tertiary/aromatic N) is 1. The summed E-state index contributed by atoms with van der Waals surface area (Å²) in [7, 11) is 1.84. The van der Waals surface area contributed by atoms with Gasteiger partial charge in [0.2, 0.25) is 11.8 Å². The molecule has 1 N–H and O–H groups in total. The molecule has 0 saturated carbocycles. The highest BCUT2D eigenvalue weighted by Gasteiger charge is 2.23. The molecule has 25 heavy (non-hydrogen) atoms. The van der Waals surface area contributed by atoms with Crippen molar-refractivity contribution in [3.05, 3.63) is 60.2 Å². The van der Waals surface area contributed by atoms with Crippen LogP contribution in [0.1, 0.15) is 32.4 Å². The summed E-state index contributed by atoms with van der Waals surface area (Å²) in [4.78, 5) is 26.6. The van der Waals surface area contributed by atoms with Gasteiger partial charge in [-0.1, -0.05) is 30.3 Å². The summed E-state index contributed by atoms with van der Waals surface area (Å²) in [5.41, 5.74) is 1.88. The molecule has 132 valence electrons. The average molecular weight is 356 g/mol. The van der Waals surface area contributed by atoms with Crippen LogP contribution in [0.3, 0.4) is 0 Å². The SMILES string of the molecule is CC(=O)Nc1ccc(SC(C)C(=O)N(C)C(C)c2ccccc2)cc1. The molecule has 0 heterocycles. The Hall–Kier alpha value is -2.27. The first-order valence-corrected chi connectivity index (χ1v) is 9.12. The van der Waals surface area contributed by atoms with Crippen LogP contribution in [-0.2, 0) is 9.59 Å². The van der Waals surface area contributed by atoms with Crippen molar-refractivity contribution >= 4 is 29.3 Å². The lowest BCUT2D eigenvalue weighted by molar-refractivity contribution is -0.130. The van der Waals surface area contributed by atoms with Crippen molar-refractivity contribution in [1.82, 2.24) is 4.90 Å². The van der Waals surface area contributed by atoms with Crippen LogP contribution in [0.2, 0.25) is 0 Å². The highest BCUT2D eigenvalue weighted by molar-refractivity contribution is 8.00. The van der Waals surface area contributed by atoms with E-state index < -0.39 is 0 Å². The Labute approximate surface area is 153 Å². The molecule has 0 bridgehead atoms. The maximum Gasteiger partial charge on any atom is 0.236 e. The van der Waals surface area contributed by atoms with Gasteiger partial charge in [-0.3, -0.25) is 9.59 Å². The van der Waals surface area contributed by atoms with Crippen molar-refractivity contribution in [2.45, 2.75) is 37.0 Å². The maximum atomic E-state index is 12.7. The minimum absolute atomic E-state index is 0.0268. The Morgan fingerprint density at radius 2 is 1.60 bits per heavy atom. The fourth-order valence-electron chi connectivity index (χ4n) is 2.51. The largest absolute Gasteiger partial charge is 0.338 e.